The molecule has 1 heterocycles. The molecule has 0 N–H and O–H groups in total. The quantitative estimate of drug-likeness (QED) is 0.577. The van der Waals surface area contributed by atoms with Gasteiger partial charge in [-0.1, -0.05) is 13.8 Å². The Hall–Kier alpha value is -0.135. The van der Waals surface area contributed by atoms with Crippen molar-refractivity contribution in [3.05, 3.63) is 0 Å². The minimum absolute atomic E-state index is 0.00310. The van der Waals surface area contributed by atoms with Crippen LogP contribution in [0.2, 0.25) is 0 Å². The molecule has 118 valence electrons. The first-order valence-electron chi connectivity index (χ1n) is 7.35. The van der Waals surface area contributed by atoms with Crippen molar-refractivity contribution in [1.82, 2.24) is 0 Å². The minimum atomic E-state index is -0.0958. The van der Waals surface area contributed by atoms with Crippen LogP contribution in [0, 0.1) is 5.92 Å². The molecule has 6 heteroatoms. The minimum Gasteiger partial charge on any atom is -0.382 e. The highest BCUT2D eigenvalue weighted by atomic mass is 16.6. The fourth-order valence-corrected chi connectivity index (χ4v) is 2.70. The van der Waals surface area contributed by atoms with Gasteiger partial charge in [-0.15, -0.1) is 0 Å². The van der Waals surface area contributed by atoms with Crippen molar-refractivity contribution in [2.45, 2.75) is 50.7 Å². The van der Waals surface area contributed by atoms with Gasteiger partial charge in [-0.3, -0.25) is 0 Å². The highest BCUT2D eigenvalue weighted by Crippen LogP contribution is 2.25. The van der Waals surface area contributed by atoms with E-state index >= 15 is 0 Å². The van der Waals surface area contributed by atoms with Crippen molar-refractivity contribution in [3.63, 3.8) is 0 Å². The summed E-state index contributed by atoms with van der Waals surface area (Å²) in [4.78, 5) is 0. The lowest BCUT2D eigenvalue weighted by molar-refractivity contribution is -0.0818. The van der Waals surface area contributed by atoms with E-state index in [1.54, 1.807) is 21.3 Å². The van der Waals surface area contributed by atoms with Crippen LogP contribution in [0.4, 0.5) is 0 Å². The van der Waals surface area contributed by atoms with Gasteiger partial charge < -0.3 is 23.7 Å². The Morgan fingerprint density at radius 2 is 1.85 bits per heavy atom. The molecule has 20 heavy (non-hydrogen) atoms. The molecule has 1 fully saturated rings. The highest BCUT2D eigenvalue weighted by Gasteiger charge is 2.43. The van der Waals surface area contributed by atoms with Gasteiger partial charge in [0.2, 0.25) is 0 Å². The first-order chi connectivity index (χ1) is 9.53. The zero-order chi connectivity index (χ0) is 15.1. The fourth-order valence-electron chi connectivity index (χ4n) is 2.70. The Labute approximate surface area is 123 Å². The molecule has 0 saturated carbocycles. The van der Waals surface area contributed by atoms with E-state index in [0.717, 1.165) is 6.42 Å². The zero-order valence-electron chi connectivity index (χ0n) is 13.6. The van der Waals surface area contributed by atoms with Crippen LogP contribution in [-0.2, 0) is 23.7 Å². The summed E-state index contributed by atoms with van der Waals surface area (Å²) in [6.07, 6.45) is 0.848. The fraction of sp³-hybridized carbons (Fsp3) is 1.00. The van der Waals surface area contributed by atoms with Gasteiger partial charge in [0.15, 0.2) is 0 Å². The molecule has 0 radical (unpaired) electrons. The van der Waals surface area contributed by atoms with Gasteiger partial charge in [-0.2, -0.15) is 0 Å². The molecule has 0 aliphatic carbocycles. The zero-order valence-corrected chi connectivity index (χ0v) is 13.6. The highest BCUT2D eigenvalue weighted by molar-refractivity contribution is 6.11. The van der Waals surface area contributed by atoms with Gasteiger partial charge in [-0.25, -0.2) is 0 Å². The number of rotatable bonds is 9. The number of hydrogen-bond donors (Lipinski definition) is 0. The summed E-state index contributed by atoms with van der Waals surface area (Å²) < 4.78 is 28.0. The second-order valence-corrected chi connectivity index (χ2v) is 5.82. The maximum Gasteiger partial charge on any atom is 0.142 e. The van der Waals surface area contributed by atoms with Gasteiger partial charge >= 0.3 is 0 Å². The molecule has 0 aromatic heterocycles. The number of methoxy groups -OCH3 is 3. The Morgan fingerprint density at radius 1 is 1.15 bits per heavy atom. The Balaban J connectivity index is 2.51. The summed E-state index contributed by atoms with van der Waals surface area (Å²) in [5, 5.41) is 0. The molecule has 5 atom stereocenters. The van der Waals surface area contributed by atoms with Crippen molar-refractivity contribution in [2.75, 3.05) is 34.5 Å². The summed E-state index contributed by atoms with van der Waals surface area (Å²) in [5.74, 6) is 0.584. The Kier molecular flexibility index (Phi) is 8.06. The first kappa shape index (κ1) is 17.9. The van der Waals surface area contributed by atoms with Gasteiger partial charge in [0.1, 0.15) is 26.2 Å². The Morgan fingerprint density at radius 3 is 2.35 bits per heavy atom. The van der Waals surface area contributed by atoms with E-state index < -0.39 is 0 Å². The van der Waals surface area contributed by atoms with E-state index in [1.165, 1.54) is 0 Å². The van der Waals surface area contributed by atoms with Crippen molar-refractivity contribution in [3.8, 4) is 0 Å². The monoisotopic (exact) mass is 288 g/mol. The van der Waals surface area contributed by atoms with E-state index in [0.29, 0.717) is 19.1 Å². The summed E-state index contributed by atoms with van der Waals surface area (Å²) in [7, 11) is 7.09. The standard InChI is InChI=1S/C14H29BO5/c1-9(2)6-10(17-4)7-19-13-12(18-5)11(8-16-3)20-14(13)15/h9-14H,6-8,15H2,1-5H3/t10-,11+,12?,13-,14+/m0/s1. The summed E-state index contributed by atoms with van der Waals surface area (Å²) in [5.41, 5.74) is 0. The summed E-state index contributed by atoms with van der Waals surface area (Å²) in [6, 6.07) is -0.00310. The number of ether oxygens (including phenoxy) is 5. The average molecular weight is 288 g/mol. The molecule has 1 unspecified atom stereocenters. The van der Waals surface area contributed by atoms with Crippen LogP contribution in [-0.4, -0.2) is 72.8 Å². The van der Waals surface area contributed by atoms with E-state index in [1.807, 2.05) is 7.85 Å². The van der Waals surface area contributed by atoms with Crippen LogP contribution in [0.1, 0.15) is 20.3 Å². The van der Waals surface area contributed by atoms with Gasteiger partial charge in [0.05, 0.1) is 25.3 Å². The molecule has 0 bridgehead atoms. The number of hydrogen-bond acceptors (Lipinski definition) is 5. The second kappa shape index (κ2) is 9.00. The van der Waals surface area contributed by atoms with Crippen molar-refractivity contribution >= 4 is 7.85 Å². The summed E-state index contributed by atoms with van der Waals surface area (Å²) >= 11 is 0. The van der Waals surface area contributed by atoms with Crippen LogP contribution in [0.5, 0.6) is 0 Å². The van der Waals surface area contributed by atoms with Crippen LogP contribution in [0.3, 0.4) is 0 Å². The molecular formula is C14H29BO5. The van der Waals surface area contributed by atoms with E-state index in [4.69, 9.17) is 23.7 Å². The van der Waals surface area contributed by atoms with Crippen molar-refractivity contribution in [2.24, 2.45) is 5.92 Å². The average Bonchev–Trinajstić information content (AvgIpc) is 2.70. The molecule has 1 saturated heterocycles. The van der Waals surface area contributed by atoms with Gasteiger partial charge in [0.25, 0.3) is 0 Å². The van der Waals surface area contributed by atoms with Crippen molar-refractivity contribution < 1.29 is 23.7 Å². The lowest BCUT2D eigenvalue weighted by Crippen LogP contribution is -2.40. The smallest absolute Gasteiger partial charge is 0.142 e. The lowest BCUT2D eigenvalue weighted by atomic mass is 9.92. The third kappa shape index (κ3) is 5.00. The molecular weight excluding hydrogens is 259 g/mol. The maximum absolute atomic E-state index is 6.02. The third-order valence-corrected chi connectivity index (χ3v) is 3.69. The predicted octanol–water partition coefficient (Wildman–Crippen LogP) is 0.452. The summed E-state index contributed by atoms with van der Waals surface area (Å²) in [6.45, 7) is 5.44. The topological polar surface area (TPSA) is 46.2 Å². The maximum atomic E-state index is 6.02. The SMILES string of the molecule is B[C@@H]1O[C@H](COC)C(OC)[C@@H]1OC[C@H](CC(C)C)OC. The van der Waals surface area contributed by atoms with E-state index in [-0.39, 0.29) is 30.4 Å². The molecule has 1 aliphatic heterocycles. The van der Waals surface area contributed by atoms with Crippen LogP contribution < -0.4 is 0 Å². The lowest BCUT2D eigenvalue weighted by Gasteiger charge is -2.25. The molecule has 0 aromatic rings. The van der Waals surface area contributed by atoms with E-state index in [9.17, 15) is 0 Å². The molecule has 5 nitrogen and oxygen atoms in total. The molecule has 1 aliphatic rings. The third-order valence-electron chi connectivity index (χ3n) is 3.69. The molecule has 0 spiro atoms. The van der Waals surface area contributed by atoms with E-state index in [2.05, 4.69) is 13.8 Å². The first-order valence-corrected chi connectivity index (χ1v) is 7.35. The molecule has 0 aromatic carbocycles. The largest absolute Gasteiger partial charge is 0.382 e. The second-order valence-electron chi connectivity index (χ2n) is 5.82. The van der Waals surface area contributed by atoms with Crippen LogP contribution in [0.15, 0.2) is 0 Å². The molecule has 1 rings (SSSR count). The normalized spacial score (nSPS) is 31.9. The van der Waals surface area contributed by atoms with Gasteiger partial charge in [-0.05, 0) is 12.3 Å². The predicted molar refractivity (Wildman–Crippen MR) is 79.9 cm³/mol. The van der Waals surface area contributed by atoms with Crippen molar-refractivity contribution in [1.29, 1.82) is 0 Å². The van der Waals surface area contributed by atoms with Crippen LogP contribution in [0.25, 0.3) is 0 Å². The Bertz CT molecular complexity index is 264. The van der Waals surface area contributed by atoms with Gasteiger partial charge in [0, 0.05) is 21.3 Å². The van der Waals surface area contributed by atoms with Crippen LogP contribution >= 0.6 is 0 Å². The molecule has 0 amide bonds.